The molecule has 1 aliphatic rings. The minimum absolute atomic E-state index is 0.112. The van der Waals surface area contributed by atoms with E-state index in [-0.39, 0.29) is 24.3 Å². The number of methoxy groups -OCH3 is 1. The van der Waals surface area contributed by atoms with E-state index < -0.39 is 32.4 Å². The molecule has 5 nitrogen and oxygen atoms in total. The first-order chi connectivity index (χ1) is 13.5. The second-order valence-corrected chi connectivity index (χ2v) is 9.84. The monoisotopic (exact) mass is 429 g/mol. The van der Waals surface area contributed by atoms with Gasteiger partial charge in [0.15, 0.2) is 9.84 Å². The average Bonchev–Trinajstić information content (AvgIpc) is 2.67. The summed E-state index contributed by atoms with van der Waals surface area (Å²) in [6, 6.07) is 5.62. The zero-order valence-electron chi connectivity index (χ0n) is 16.3. The van der Waals surface area contributed by atoms with Crippen molar-refractivity contribution < 1.29 is 31.1 Å². The van der Waals surface area contributed by atoms with Crippen LogP contribution in [0.1, 0.15) is 42.6 Å². The fraction of sp³-hybridized carbons (Fsp3) is 0.450. The van der Waals surface area contributed by atoms with Gasteiger partial charge in [0, 0.05) is 24.4 Å². The van der Waals surface area contributed by atoms with Gasteiger partial charge >= 0.3 is 6.18 Å². The van der Waals surface area contributed by atoms with E-state index in [4.69, 9.17) is 9.47 Å². The Morgan fingerprint density at radius 2 is 2.00 bits per heavy atom. The smallest absolute Gasteiger partial charge is 0.416 e. The number of ether oxygens (including phenoxy) is 2. The molecule has 0 bridgehead atoms. The summed E-state index contributed by atoms with van der Waals surface area (Å²) in [7, 11) is -2.54. The summed E-state index contributed by atoms with van der Waals surface area (Å²) >= 11 is 0. The highest BCUT2D eigenvalue weighted by Gasteiger charge is 2.46. The van der Waals surface area contributed by atoms with Crippen molar-refractivity contribution in [2.75, 3.05) is 13.7 Å². The van der Waals surface area contributed by atoms with Gasteiger partial charge in [-0.05, 0) is 50.5 Å². The number of pyridine rings is 1. The molecule has 1 fully saturated rings. The second-order valence-electron chi connectivity index (χ2n) is 7.38. The third-order valence-electron chi connectivity index (χ3n) is 5.37. The lowest BCUT2D eigenvalue weighted by Gasteiger charge is -2.38. The van der Waals surface area contributed by atoms with Crippen LogP contribution in [0.5, 0.6) is 5.88 Å². The maximum absolute atomic E-state index is 13.3. The number of benzene rings is 1. The van der Waals surface area contributed by atoms with E-state index in [1.54, 1.807) is 19.2 Å². The summed E-state index contributed by atoms with van der Waals surface area (Å²) in [6.07, 6.45) is -3.27. The third kappa shape index (κ3) is 4.11. The highest BCUT2D eigenvalue weighted by atomic mass is 32.2. The van der Waals surface area contributed by atoms with E-state index in [2.05, 4.69) is 4.98 Å². The van der Waals surface area contributed by atoms with Gasteiger partial charge in [0.05, 0.1) is 28.4 Å². The molecule has 2 aromatic rings. The van der Waals surface area contributed by atoms with Crippen molar-refractivity contribution in [3.8, 4) is 5.88 Å². The van der Waals surface area contributed by atoms with Gasteiger partial charge in [0.25, 0.3) is 0 Å². The molecule has 0 radical (unpaired) electrons. The molecule has 2 heterocycles. The molecule has 0 spiro atoms. The summed E-state index contributed by atoms with van der Waals surface area (Å²) in [5.41, 5.74) is 0.583. The first kappa shape index (κ1) is 21.6. The van der Waals surface area contributed by atoms with Gasteiger partial charge in [-0.2, -0.15) is 13.2 Å². The first-order valence-electron chi connectivity index (χ1n) is 9.02. The van der Waals surface area contributed by atoms with E-state index in [0.29, 0.717) is 11.9 Å². The minimum Gasteiger partial charge on any atom is -0.481 e. The van der Waals surface area contributed by atoms with Crippen LogP contribution in [0.3, 0.4) is 0 Å². The van der Waals surface area contributed by atoms with Crippen molar-refractivity contribution in [1.29, 1.82) is 0 Å². The summed E-state index contributed by atoms with van der Waals surface area (Å²) in [5.74, 6) is 0.432. The van der Waals surface area contributed by atoms with Crippen molar-refractivity contribution in [2.45, 2.75) is 48.6 Å². The van der Waals surface area contributed by atoms with E-state index in [9.17, 15) is 21.6 Å². The Morgan fingerprint density at radius 1 is 1.28 bits per heavy atom. The number of sulfone groups is 1. The van der Waals surface area contributed by atoms with Gasteiger partial charge in [-0.1, -0.05) is 6.07 Å². The quantitative estimate of drug-likeness (QED) is 0.716. The van der Waals surface area contributed by atoms with Gasteiger partial charge in [0.1, 0.15) is 0 Å². The van der Waals surface area contributed by atoms with Crippen LogP contribution in [0.25, 0.3) is 0 Å². The summed E-state index contributed by atoms with van der Waals surface area (Å²) in [4.78, 5) is 3.83. The Bertz CT molecular complexity index is 1010. The van der Waals surface area contributed by atoms with E-state index >= 15 is 0 Å². The SMILES string of the molecule is COc1cc(C)c(C2CC(C)(S(=O)(=O)c3cccc(C(F)(F)F)c3)CCO2)cn1. The van der Waals surface area contributed by atoms with Gasteiger partial charge < -0.3 is 9.47 Å². The summed E-state index contributed by atoms with van der Waals surface area (Å²) < 4.78 is 75.4. The number of nitrogens with zero attached hydrogens (tertiary/aromatic N) is 1. The highest BCUT2D eigenvalue weighted by Crippen LogP contribution is 2.43. The summed E-state index contributed by atoms with van der Waals surface area (Å²) in [5, 5.41) is 0. The molecule has 2 atom stereocenters. The average molecular weight is 429 g/mol. The predicted molar refractivity (Wildman–Crippen MR) is 100 cm³/mol. The van der Waals surface area contributed by atoms with Crippen molar-refractivity contribution in [3.05, 3.63) is 53.2 Å². The maximum atomic E-state index is 13.3. The molecule has 1 saturated heterocycles. The number of halogens is 3. The predicted octanol–water partition coefficient (Wildman–Crippen LogP) is 4.50. The van der Waals surface area contributed by atoms with Crippen LogP contribution in [0.2, 0.25) is 0 Å². The lowest BCUT2D eigenvalue weighted by molar-refractivity contribution is -0.137. The Hall–Kier alpha value is -2.13. The number of rotatable bonds is 4. The lowest BCUT2D eigenvalue weighted by atomic mass is 9.91. The molecular formula is C20H22F3NO4S. The standard InChI is InChI=1S/C20H22F3NO4S/c1-13-9-18(27-3)24-12-16(13)17-11-19(2,7-8-28-17)29(25,26)15-6-4-5-14(10-15)20(21,22)23/h4-6,9-10,12,17H,7-8,11H2,1-3H3. The Morgan fingerprint density at radius 3 is 2.62 bits per heavy atom. The van der Waals surface area contributed by atoms with Gasteiger partial charge in [0.2, 0.25) is 5.88 Å². The van der Waals surface area contributed by atoms with Crippen LogP contribution in [0, 0.1) is 6.92 Å². The Labute approximate surface area is 167 Å². The molecule has 1 aromatic carbocycles. The van der Waals surface area contributed by atoms with Crippen LogP contribution in [0.15, 0.2) is 41.4 Å². The van der Waals surface area contributed by atoms with E-state index in [1.807, 2.05) is 6.92 Å². The Balaban J connectivity index is 1.95. The molecular weight excluding hydrogens is 407 g/mol. The molecule has 9 heteroatoms. The number of hydrogen-bond acceptors (Lipinski definition) is 5. The number of aromatic nitrogens is 1. The molecule has 2 unspecified atom stereocenters. The fourth-order valence-electron chi connectivity index (χ4n) is 3.53. The van der Waals surface area contributed by atoms with E-state index in [1.165, 1.54) is 13.2 Å². The Kier molecular flexibility index (Phi) is 5.66. The van der Waals surface area contributed by atoms with Crippen molar-refractivity contribution in [3.63, 3.8) is 0 Å². The second kappa shape index (κ2) is 7.60. The van der Waals surface area contributed by atoms with Crippen molar-refractivity contribution in [2.24, 2.45) is 0 Å². The normalized spacial score (nSPS) is 23.0. The zero-order chi connectivity index (χ0) is 21.4. The molecule has 1 aliphatic heterocycles. The molecule has 0 N–H and O–H groups in total. The molecule has 0 aliphatic carbocycles. The first-order valence-corrected chi connectivity index (χ1v) is 10.5. The minimum atomic E-state index is -4.61. The van der Waals surface area contributed by atoms with Crippen LogP contribution in [-0.2, 0) is 20.8 Å². The molecule has 29 heavy (non-hydrogen) atoms. The van der Waals surface area contributed by atoms with Gasteiger partial charge in [-0.15, -0.1) is 0 Å². The molecule has 158 valence electrons. The molecule has 0 amide bonds. The largest absolute Gasteiger partial charge is 0.481 e. The van der Waals surface area contributed by atoms with Crippen LogP contribution < -0.4 is 4.74 Å². The van der Waals surface area contributed by atoms with Crippen LogP contribution >= 0.6 is 0 Å². The number of alkyl halides is 3. The summed E-state index contributed by atoms with van der Waals surface area (Å²) in [6.45, 7) is 3.57. The lowest BCUT2D eigenvalue weighted by Crippen LogP contribution is -2.42. The van der Waals surface area contributed by atoms with Crippen molar-refractivity contribution in [1.82, 2.24) is 4.98 Å². The van der Waals surface area contributed by atoms with Crippen molar-refractivity contribution >= 4 is 9.84 Å². The maximum Gasteiger partial charge on any atom is 0.416 e. The third-order valence-corrected chi connectivity index (χ3v) is 7.91. The fourth-order valence-corrected chi connectivity index (χ4v) is 5.36. The molecule has 0 saturated carbocycles. The zero-order valence-corrected chi connectivity index (χ0v) is 17.1. The van der Waals surface area contributed by atoms with E-state index in [0.717, 1.165) is 23.3 Å². The topological polar surface area (TPSA) is 65.5 Å². The highest BCUT2D eigenvalue weighted by molar-refractivity contribution is 7.92. The van der Waals surface area contributed by atoms with Crippen LogP contribution in [0.4, 0.5) is 13.2 Å². The molecule has 1 aromatic heterocycles. The van der Waals surface area contributed by atoms with Crippen LogP contribution in [-0.4, -0.2) is 31.9 Å². The van der Waals surface area contributed by atoms with Gasteiger partial charge in [-0.3, -0.25) is 0 Å². The molecule has 3 rings (SSSR count). The van der Waals surface area contributed by atoms with Gasteiger partial charge in [-0.25, -0.2) is 13.4 Å². The number of aryl methyl sites for hydroxylation is 1. The number of hydrogen-bond donors (Lipinski definition) is 0.